The Morgan fingerprint density at radius 1 is 0.489 bits per heavy atom. The number of carbonyl (C=O) groups excluding carboxylic acids is 2. The Bertz CT molecular complexity index is 1620. The summed E-state index contributed by atoms with van der Waals surface area (Å²) in [7, 11) is -0.439. The number of imide groups is 1. The van der Waals surface area contributed by atoms with Crippen molar-refractivity contribution in [2.75, 3.05) is 54.7 Å². The van der Waals surface area contributed by atoms with Crippen LogP contribution in [-0.4, -0.2) is 84.4 Å². The maximum Gasteiger partial charge on any atom is 0.286 e. The Hall–Kier alpha value is -0.940. The van der Waals surface area contributed by atoms with Crippen LogP contribution in [0.4, 0.5) is 4.79 Å². The number of likely N-dealkylation sites (tertiary alicyclic amines) is 1. The zero-order valence-corrected chi connectivity index (χ0v) is 63.2. The number of rotatable bonds is 3. The second kappa shape index (κ2) is 70.8. The number of unbranched alkanes of at least 4 members (excludes halogenated alkanes) is 1. The average Bonchev–Trinajstić information content (AvgIpc) is 4.60. The van der Waals surface area contributed by atoms with Crippen molar-refractivity contribution < 1.29 is 18.0 Å². The van der Waals surface area contributed by atoms with E-state index in [1.54, 1.807) is 0 Å². The van der Waals surface area contributed by atoms with E-state index in [0.717, 1.165) is 85.3 Å². The number of nitrogens with zero attached hydrogens (tertiary/aromatic N) is 1. The quantitative estimate of drug-likeness (QED) is 0.221. The Labute approximate surface area is 579 Å². The molecule has 0 spiro atoms. The molecule has 6 nitrogen and oxygen atoms in total. The molecule has 5 saturated heterocycles. The third-order valence-electron chi connectivity index (χ3n) is 17.6. The van der Waals surface area contributed by atoms with Gasteiger partial charge in [0.05, 0.1) is 16.8 Å². The Kier molecular flexibility index (Phi) is 76.9. The fourth-order valence-electron chi connectivity index (χ4n) is 10.4. The number of thioether (sulfide) groups is 3. The summed E-state index contributed by atoms with van der Waals surface area (Å²) in [6.45, 7) is 32.9. The summed E-state index contributed by atoms with van der Waals surface area (Å²) in [5.41, 5.74) is 0. The molecule has 90 heavy (non-hydrogen) atoms. The Morgan fingerprint density at radius 2 is 0.967 bits per heavy atom. The van der Waals surface area contributed by atoms with E-state index in [0.29, 0.717) is 17.4 Å². The molecule has 0 bridgehead atoms. The molecule has 5 heterocycles. The summed E-state index contributed by atoms with van der Waals surface area (Å²) < 4.78 is 22.0. The number of nitrogens with one attached hydrogen (secondary N) is 1. The first-order valence-electron chi connectivity index (χ1n) is 37.0. The van der Waals surface area contributed by atoms with Gasteiger partial charge in [0, 0.05) is 0 Å². The first kappa shape index (κ1) is 97.7. The molecule has 2 amide bonds. The summed E-state index contributed by atoms with van der Waals surface area (Å²) in [6.07, 6.45) is 65.8. The first-order chi connectivity index (χ1) is 41.8. The van der Waals surface area contributed by atoms with Crippen LogP contribution in [0.15, 0.2) is 49.1 Å². The third-order valence-corrected chi connectivity index (χ3v) is 23.0. The minimum Gasteiger partial charge on any atom is -0.306 e. The molecule has 1 N–H and O–H groups in total. The van der Waals surface area contributed by atoms with Crippen molar-refractivity contribution in [3.63, 3.8) is 0 Å². The van der Waals surface area contributed by atoms with Crippen LogP contribution in [0, 0.1) is 47.3 Å². The maximum atomic E-state index is 11.0. The molecule has 5 aliphatic heterocycles. The molecule has 0 aromatic heterocycles. The van der Waals surface area contributed by atoms with E-state index in [4.69, 9.17) is 0 Å². The second-order valence-corrected chi connectivity index (χ2v) is 33.5. The fraction of sp³-hybridized carbons (Fsp3) is 0.875. The van der Waals surface area contributed by atoms with Crippen molar-refractivity contribution >= 4 is 56.3 Å². The molecule has 10 aliphatic rings. The topological polar surface area (TPSA) is 83.5 Å². The van der Waals surface area contributed by atoms with Crippen LogP contribution >= 0.6 is 35.3 Å². The smallest absolute Gasteiger partial charge is 0.286 e. The van der Waals surface area contributed by atoms with E-state index < -0.39 is 9.84 Å². The minimum atomic E-state index is -2.65. The van der Waals surface area contributed by atoms with E-state index in [1.165, 1.54) is 242 Å². The average molecular weight is 1340 g/mol. The van der Waals surface area contributed by atoms with E-state index in [9.17, 15) is 18.0 Å². The van der Waals surface area contributed by atoms with Crippen LogP contribution in [0.25, 0.3) is 0 Å². The van der Waals surface area contributed by atoms with Gasteiger partial charge in [-0.1, -0.05) is 256 Å². The van der Waals surface area contributed by atoms with E-state index in [-0.39, 0.29) is 38.7 Å². The van der Waals surface area contributed by atoms with Gasteiger partial charge >= 0.3 is 0 Å². The van der Waals surface area contributed by atoms with Crippen LogP contribution < -0.4 is 5.32 Å². The number of hydrogen-bond acceptors (Lipinski definition) is 8. The fourth-order valence-corrected chi connectivity index (χ4v) is 15.0. The van der Waals surface area contributed by atoms with Crippen molar-refractivity contribution in [2.24, 2.45) is 47.3 Å². The summed E-state index contributed by atoms with van der Waals surface area (Å²) in [6, 6.07) is 0. The summed E-state index contributed by atoms with van der Waals surface area (Å²) in [5.74, 6) is 13.8. The molecule has 2 saturated carbocycles. The summed E-state index contributed by atoms with van der Waals surface area (Å²) in [4.78, 5) is 23.5. The number of amides is 2. The minimum absolute atomic E-state index is 0. The van der Waals surface area contributed by atoms with E-state index in [1.807, 2.05) is 13.0 Å². The number of sulfone groups is 1. The summed E-state index contributed by atoms with van der Waals surface area (Å²) >= 11 is 5.32. The van der Waals surface area contributed by atoms with Gasteiger partial charge in [-0.2, -0.15) is 23.5 Å². The van der Waals surface area contributed by atoms with Crippen LogP contribution in [0.3, 0.4) is 0 Å². The SMILES string of the molecule is C.C.C.C=CCC.CC1C=CCCCC1.CC1CC1.CC1CC=CCCC1.CC1CCC=CCC1.CC1CCCCCC1.CC1CCCCSC1.CC1CCCS(=O)(=O)CC1.CC1CCCSCC1.CCC1SC(=O)NC1=O.CCCC.CN1CCCCCC1. The van der Waals surface area contributed by atoms with Gasteiger partial charge in [-0.25, -0.2) is 8.42 Å². The predicted molar refractivity (Wildman–Crippen MR) is 420 cm³/mol. The highest BCUT2D eigenvalue weighted by Gasteiger charge is 2.29. The molecular formula is C80H160N2O4S4. The largest absolute Gasteiger partial charge is 0.306 e. The lowest BCUT2D eigenvalue weighted by molar-refractivity contribution is -0.119. The highest BCUT2D eigenvalue weighted by Crippen LogP contribution is 2.27. The zero-order valence-electron chi connectivity index (χ0n) is 60.0. The highest BCUT2D eigenvalue weighted by atomic mass is 32.2. The predicted octanol–water partition coefficient (Wildman–Crippen LogP) is 26.5. The standard InChI is InChI=1S/C8H16.3C8H14.C7H15N.C7H14O2S.2C7H14S.C5H7NO2S.C4H8.C4H10.C4H8.3CH4/c5*1-8-6-4-2-3-5-7-8;1-7-3-2-5-10(8,9)6-4-7;1-7-3-2-5-8-6-4-7;1-7-4-2-3-5-8-6-7;1-2-3-4(7)6-5(8)9-3;1-4-2-3-4;2*1-3-4-2;;;/h8H,2-7H2,1H3;4,6,8H,2-3,5,7H2,1H3;2,4,8H,3,5-7H2,1H3;2-3,8H,4-7H2,1H3;2-7H2,1H3;7H,2-6H2,1H3;2*7H,2-6H2,1H3;3H,2H2,1H3,(H,6,7,8);4H,2-3H2,1H3;3-4H2,1-2H3;3H,1,4H2,2H3;3*1H4. The number of allylic oxidation sites excluding steroid dienone is 7. The van der Waals surface area contributed by atoms with Gasteiger partial charge in [0.1, 0.15) is 9.84 Å². The van der Waals surface area contributed by atoms with E-state index in [2.05, 4.69) is 160 Å². The number of carbonyl (C=O) groups is 2. The van der Waals surface area contributed by atoms with Gasteiger partial charge < -0.3 is 4.90 Å². The van der Waals surface area contributed by atoms with Crippen LogP contribution in [0.5, 0.6) is 0 Å². The van der Waals surface area contributed by atoms with Gasteiger partial charge in [0.2, 0.25) is 5.91 Å². The van der Waals surface area contributed by atoms with Crippen molar-refractivity contribution in [2.45, 2.75) is 348 Å². The number of hydrogen-bond donors (Lipinski definition) is 1. The molecule has 6 unspecified atom stereocenters. The molecule has 6 atom stereocenters. The molecule has 538 valence electrons. The molecule has 5 aliphatic carbocycles. The maximum absolute atomic E-state index is 11.0. The van der Waals surface area contributed by atoms with Crippen molar-refractivity contribution in [1.82, 2.24) is 10.2 Å². The molecule has 0 aromatic carbocycles. The Balaban J connectivity index is -0.000000293. The van der Waals surface area contributed by atoms with Crippen molar-refractivity contribution in [1.29, 1.82) is 0 Å². The lowest BCUT2D eigenvalue weighted by atomic mass is 10.0. The monoisotopic (exact) mass is 1340 g/mol. The van der Waals surface area contributed by atoms with Gasteiger partial charge in [-0.15, -0.1) is 6.58 Å². The van der Waals surface area contributed by atoms with Crippen LogP contribution in [0.1, 0.15) is 343 Å². The summed E-state index contributed by atoms with van der Waals surface area (Å²) in [5, 5.41) is 1.85. The molecule has 7 fully saturated rings. The molecule has 10 rings (SSSR count). The first-order valence-corrected chi connectivity index (χ1v) is 42.0. The van der Waals surface area contributed by atoms with Gasteiger partial charge in [0.25, 0.3) is 5.24 Å². The lowest BCUT2D eigenvalue weighted by Gasteiger charge is -2.10. The molecule has 0 aromatic rings. The van der Waals surface area contributed by atoms with Crippen molar-refractivity contribution in [3.05, 3.63) is 49.1 Å². The van der Waals surface area contributed by atoms with Gasteiger partial charge in [-0.05, 0) is 232 Å². The lowest BCUT2D eigenvalue weighted by Crippen LogP contribution is -2.23. The zero-order chi connectivity index (χ0) is 65.0. The van der Waals surface area contributed by atoms with Crippen LogP contribution in [0.2, 0.25) is 0 Å². The van der Waals surface area contributed by atoms with Crippen LogP contribution in [-0.2, 0) is 14.6 Å². The van der Waals surface area contributed by atoms with Gasteiger partial charge in [0.15, 0.2) is 0 Å². The molecule has 0 radical (unpaired) electrons. The van der Waals surface area contributed by atoms with E-state index >= 15 is 0 Å². The molecule has 10 heteroatoms. The third kappa shape index (κ3) is 72.9. The normalized spacial score (nSPS) is 25.6. The highest BCUT2D eigenvalue weighted by molar-refractivity contribution is 8.15. The molecular weight excluding hydrogens is 1180 g/mol. The van der Waals surface area contributed by atoms with Gasteiger partial charge in [-0.3, -0.25) is 14.9 Å². The Morgan fingerprint density at radius 3 is 1.51 bits per heavy atom. The van der Waals surface area contributed by atoms with Crippen molar-refractivity contribution in [3.8, 4) is 0 Å². The second-order valence-electron chi connectivity index (χ2n) is 27.7.